The first kappa shape index (κ1) is 11.1. The molecule has 0 bridgehead atoms. The molecule has 1 aromatic rings. The van der Waals surface area contributed by atoms with Gasteiger partial charge in [0.1, 0.15) is 5.75 Å². The fraction of sp³-hybridized carbons (Fsp3) is 0.250. The molecule has 3 heteroatoms. The van der Waals surface area contributed by atoms with Gasteiger partial charge in [0.15, 0.2) is 0 Å². The summed E-state index contributed by atoms with van der Waals surface area (Å²) in [6.07, 6.45) is 5.68. The maximum Gasteiger partial charge on any atom is 0.221 e. The Morgan fingerprint density at radius 1 is 1.47 bits per heavy atom. The molecule has 0 radical (unpaired) electrons. The minimum atomic E-state index is -0.0870. The highest BCUT2D eigenvalue weighted by atomic mass is 16.5. The Morgan fingerprint density at radius 2 is 2.13 bits per heavy atom. The number of ether oxygens (including phenoxy) is 1. The molecule has 78 valence electrons. The lowest BCUT2D eigenvalue weighted by molar-refractivity contribution is -0.114. The van der Waals surface area contributed by atoms with Crippen LogP contribution in [-0.2, 0) is 4.79 Å². The van der Waals surface area contributed by atoms with Crippen LogP contribution in [0.15, 0.2) is 24.3 Å². The molecule has 0 aliphatic heterocycles. The average molecular weight is 203 g/mol. The van der Waals surface area contributed by atoms with E-state index in [0.717, 1.165) is 11.4 Å². The minimum absolute atomic E-state index is 0.0870. The van der Waals surface area contributed by atoms with Crippen molar-refractivity contribution in [3.8, 4) is 18.1 Å². The van der Waals surface area contributed by atoms with Gasteiger partial charge < -0.3 is 10.1 Å². The van der Waals surface area contributed by atoms with Crippen molar-refractivity contribution in [1.82, 2.24) is 0 Å². The predicted octanol–water partition coefficient (Wildman–Crippen LogP) is 2.05. The summed E-state index contributed by atoms with van der Waals surface area (Å²) < 4.78 is 5.35. The van der Waals surface area contributed by atoms with E-state index in [4.69, 9.17) is 11.2 Å². The molecule has 0 saturated carbocycles. The molecule has 0 aliphatic rings. The SMILES string of the molecule is C#CCCOc1ccc(NC(C)=O)cc1. The number of terminal acetylenes is 1. The lowest BCUT2D eigenvalue weighted by Gasteiger charge is -2.05. The minimum Gasteiger partial charge on any atom is -0.493 e. The third-order valence-electron chi connectivity index (χ3n) is 1.69. The Hall–Kier alpha value is -1.95. The Kier molecular flexibility index (Phi) is 4.24. The molecule has 1 N–H and O–H groups in total. The van der Waals surface area contributed by atoms with E-state index in [1.54, 1.807) is 24.3 Å². The summed E-state index contributed by atoms with van der Waals surface area (Å²) in [5, 5.41) is 2.67. The van der Waals surface area contributed by atoms with Crippen molar-refractivity contribution in [2.75, 3.05) is 11.9 Å². The number of hydrogen-bond donors (Lipinski definition) is 1. The second kappa shape index (κ2) is 5.71. The zero-order valence-corrected chi connectivity index (χ0v) is 8.62. The van der Waals surface area contributed by atoms with Crippen LogP contribution in [0, 0.1) is 12.3 Å². The van der Waals surface area contributed by atoms with Crippen molar-refractivity contribution in [3.63, 3.8) is 0 Å². The van der Waals surface area contributed by atoms with Gasteiger partial charge >= 0.3 is 0 Å². The summed E-state index contributed by atoms with van der Waals surface area (Å²) >= 11 is 0. The summed E-state index contributed by atoms with van der Waals surface area (Å²) in [5.41, 5.74) is 0.756. The predicted molar refractivity (Wildman–Crippen MR) is 59.7 cm³/mol. The van der Waals surface area contributed by atoms with Crippen LogP contribution in [0.4, 0.5) is 5.69 Å². The van der Waals surface area contributed by atoms with Gasteiger partial charge in [0.05, 0.1) is 6.61 Å². The van der Waals surface area contributed by atoms with E-state index in [1.165, 1.54) is 6.92 Å². The highest BCUT2D eigenvalue weighted by Crippen LogP contribution is 2.15. The van der Waals surface area contributed by atoms with Gasteiger partial charge in [-0.2, -0.15) is 0 Å². The molecule has 3 nitrogen and oxygen atoms in total. The Morgan fingerprint density at radius 3 is 2.67 bits per heavy atom. The molecular weight excluding hydrogens is 190 g/mol. The van der Waals surface area contributed by atoms with E-state index in [2.05, 4.69) is 11.2 Å². The Bertz CT molecular complexity index is 362. The van der Waals surface area contributed by atoms with Gasteiger partial charge in [-0.1, -0.05) is 0 Å². The largest absolute Gasteiger partial charge is 0.493 e. The van der Waals surface area contributed by atoms with Crippen molar-refractivity contribution < 1.29 is 9.53 Å². The van der Waals surface area contributed by atoms with Crippen LogP contribution < -0.4 is 10.1 Å². The number of carbonyl (C=O) groups is 1. The van der Waals surface area contributed by atoms with Crippen LogP contribution in [0.2, 0.25) is 0 Å². The number of amides is 1. The zero-order chi connectivity index (χ0) is 11.1. The van der Waals surface area contributed by atoms with Gasteiger partial charge in [-0.15, -0.1) is 12.3 Å². The molecule has 0 fully saturated rings. The highest BCUT2D eigenvalue weighted by molar-refractivity contribution is 5.88. The van der Waals surface area contributed by atoms with Crippen LogP contribution in [0.25, 0.3) is 0 Å². The first-order chi connectivity index (χ1) is 7.22. The lowest BCUT2D eigenvalue weighted by atomic mass is 10.3. The van der Waals surface area contributed by atoms with Gasteiger partial charge in [-0.05, 0) is 24.3 Å². The van der Waals surface area contributed by atoms with Crippen LogP contribution in [0.1, 0.15) is 13.3 Å². The van der Waals surface area contributed by atoms with E-state index < -0.39 is 0 Å². The molecule has 0 atom stereocenters. The molecule has 0 aliphatic carbocycles. The van der Waals surface area contributed by atoms with Gasteiger partial charge in [0.2, 0.25) is 5.91 Å². The molecule has 1 amide bonds. The van der Waals surface area contributed by atoms with Crippen molar-refractivity contribution in [3.05, 3.63) is 24.3 Å². The van der Waals surface area contributed by atoms with E-state index in [9.17, 15) is 4.79 Å². The van der Waals surface area contributed by atoms with E-state index in [1.807, 2.05) is 0 Å². The maximum absolute atomic E-state index is 10.7. The van der Waals surface area contributed by atoms with Crippen molar-refractivity contribution in [2.45, 2.75) is 13.3 Å². The third-order valence-corrected chi connectivity index (χ3v) is 1.69. The highest BCUT2D eigenvalue weighted by Gasteiger charge is 1.96. The zero-order valence-electron chi connectivity index (χ0n) is 8.62. The first-order valence-corrected chi connectivity index (χ1v) is 4.66. The third kappa shape index (κ3) is 4.19. The summed E-state index contributed by atoms with van der Waals surface area (Å²) in [6, 6.07) is 7.16. The summed E-state index contributed by atoms with van der Waals surface area (Å²) in [6.45, 7) is 1.98. The standard InChI is InChI=1S/C12H13NO2/c1-3-4-9-15-12-7-5-11(6-8-12)13-10(2)14/h1,5-8H,4,9H2,2H3,(H,13,14). The molecule has 1 aromatic carbocycles. The molecule has 0 aromatic heterocycles. The van der Waals surface area contributed by atoms with E-state index in [0.29, 0.717) is 13.0 Å². The van der Waals surface area contributed by atoms with Crippen LogP contribution in [0.3, 0.4) is 0 Å². The Balaban J connectivity index is 2.49. The van der Waals surface area contributed by atoms with Crippen LogP contribution in [0.5, 0.6) is 5.75 Å². The fourth-order valence-electron chi connectivity index (χ4n) is 1.07. The summed E-state index contributed by atoms with van der Waals surface area (Å²) in [4.78, 5) is 10.7. The van der Waals surface area contributed by atoms with Crippen LogP contribution >= 0.6 is 0 Å². The molecule has 0 spiro atoms. The van der Waals surface area contributed by atoms with Crippen molar-refractivity contribution in [2.24, 2.45) is 0 Å². The van der Waals surface area contributed by atoms with Gasteiger partial charge in [0, 0.05) is 19.0 Å². The van der Waals surface area contributed by atoms with E-state index in [-0.39, 0.29) is 5.91 Å². The lowest BCUT2D eigenvalue weighted by Crippen LogP contribution is -2.05. The van der Waals surface area contributed by atoms with Gasteiger partial charge in [-0.25, -0.2) is 0 Å². The van der Waals surface area contributed by atoms with Gasteiger partial charge in [-0.3, -0.25) is 4.79 Å². The smallest absolute Gasteiger partial charge is 0.221 e. The summed E-state index contributed by atoms with van der Waals surface area (Å²) in [5.74, 6) is 3.16. The number of benzene rings is 1. The van der Waals surface area contributed by atoms with Gasteiger partial charge in [0.25, 0.3) is 0 Å². The molecule has 0 heterocycles. The number of hydrogen-bond acceptors (Lipinski definition) is 2. The second-order valence-electron chi connectivity index (χ2n) is 3.01. The first-order valence-electron chi connectivity index (χ1n) is 4.66. The van der Waals surface area contributed by atoms with Crippen molar-refractivity contribution >= 4 is 11.6 Å². The maximum atomic E-state index is 10.7. The topological polar surface area (TPSA) is 38.3 Å². The Labute approximate surface area is 89.4 Å². The average Bonchev–Trinajstić information content (AvgIpc) is 2.20. The second-order valence-corrected chi connectivity index (χ2v) is 3.01. The van der Waals surface area contributed by atoms with E-state index >= 15 is 0 Å². The molecule has 0 saturated heterocycles. The number of nitrogens with one attached hydrogen (secondary N) is 1. The molecule has 1 rings (SSSR count). The van der Waals surface area contributed by atoms with Crippen molar-refractivity contribution in [1.29, 1.82) is 0 Å². The fourth-order valence-corrected chi connectivity index (χ4v) is 1.07. The number of carbonyl (C=O) groups excluding carboxylic acids is 1. The van der Waals surface area contributed by atoms with Crippen LogP contribution in [-0.4, -0.2) is 12.5 Å². The molecule has 0 unspecified atom stereocenters. The quantitative estimate of drug-likeness (QED) is 0.600. The molecule has 15 heavy (non-hydrogen) atoms. The summed E-state index contributed by atoms with van der Waals surface area (Å²) in [7, 11) is 0. The molecular formula is C12H13NO2. The number of anilines is 1. The number of rotatable bonds is 4. The normalized spacial score (nSPS) is 9.07. The monoisotopic (exact) mass is 203 g/mol.